The topological polar surface area (TPSA) is 21.3 Å². The van der Waals surface area contributed by atoms with E-state index in [4.69, 9.17) is 4.74 Å². The van der Waals surface area contributed by atoms with Crippen LogP contribution in [-0.4, -0.2) is 25.3 Å². The minimum Gasteiger partial charge on any atom is -0.375 e. The van der Waals surface area contributed by atoms with Gasteiger partial charge < -0.3 is 10.1 Å². The molecule has 4 rings (SSSR count). The van der Waals surface area contributed by atoms with Crippen molar-refractivity contribution in [1.29, 1.82) is 0 Å². The van der Waals surface area contributed by atoms with Gasteiger partial charge in [0.05, 0.1) is 12.2 Å². The molecule has 2 heteroatoms. The molecule has 3 unspecified atom stereocenters. The van der Waals surface area contributed by atoms with Gasteiger partial charge in [0.15, 0.2) is 0 Å². The summed E-state index contributed by atoms with van der Waals surface area (Å²) >= 11 is 0. The second-order valence-corrected chi connectivity index (χ2v) is 6.56. The van der Waals surface area contributed by atoms with Crippen LogP contribution in [0.4, 0.5) is 0 Å². The lowest BCUT2D eigenvalue weighted by Crippen LogP contribution is -2.56. The second-order valence-electron chi connectivity index (χ2n) is 6.56. The number of ether oxygens (including phenoxy) is 1. The molecular formula is C14H25NO. The minimum absolute atomic E-state index is 0.541. The van der Waals surface area contributed by atoms with Gasteiger partial charge in [-0.05, 0) is 62.4 Å². The van der Waals surface area contributed by atoms with Crippen LogP contribution in [0, 0.1) is 17.3 Å². The van der Waals surface area contributed by atoms with Crippen LogP contribution in [-0.2, 0) is 4.74 Å². The van der Waals surface area contributed by atoms with Crippen molar-refractivity contribution in [2.45, 2.75) is 58.2 Å². The molecule has 1 aliphatic heterocycles. The number of nitrogens with one attached hydrogen (secondary N) is 1. The highest BCUT2D eigenvalue weighted by molar-refractivity contribution is 5.04. The van der Waals surface area contributed by atoms with Gasteiger partial charge in [-0.15, -0.1) is 0 Å². The van der Waals surface area contributed by atoms with Crippen LogP contribution in [0.2, 0.25) is 0 Å². The molecule has 0 radical (unpaired) electrons. The van der Waals surface area contributed by atoms with E-state index in [9.17, 15) is 0 Å². The summed E-state index contributed by atoms with van der Waals surface area (Å²) < 4.78 is 6.38. The average molecular weight is 223 g/mol. The summed E-state index contributed by atoms with van der Waals surface area (Å²) in [6.45, 7) is 7.19. The van der Waals surface area contributed by atoms with E-state index in [0.29, 0.717) is 17.6 Å². The normalized spacial score (nSPS) is 42.8. The molecule has 92 valence electrons. The predicted octanol–water partition coefficient (Wildman–Crippen LogP) is 2.58. The van der Waals surface area contributed by atoms with E-state index in [0.717, 1.165) is 24.9 Å². The van der Waals surface area contributed by atoms with E-state index >= 15 is 0 Å². The molecule has 4 fully saturated rings. The minimum atomic E-state index is 0.541. The summed E-state index contributed by atoms with van der Waals surface area (Å²) in [6.07, 6.45) is 7.70. The fourth-order valence-corrected chi connectivity index (χ4v) is 4.09. The monoisotopic (exact) mass is 223 g/mol. The third-order valence-corrected chi connectivity index (χ3v) is 5.45. The third kappa shape index (κ3) is 1.70. The van der Waals surface area contributed by atoms with E-state index in [-0.39, 0.29) is 0 Å². The van der Waals surface area contributed by atoms with Gasteiger partial charge in [-0.3, -0.25) is 0 Å². The summed E-state index contributed by atoms with van der Waals surface area (Å²) in [4.78, 5) is 0. The van der Waals surface area contributed by atoms with Crippen molar-refractivity contribution in [3.63, 3.8) is 0 Å². The number of hydrogen-bond donors (Lipinski definition) is 1. The van der Waals surface area contributed by atoms with Crippen LogP contribution in [0.15, 0.2) is 0 Å². The van der Waals surface area contributed by atoms with E-state index in [1.54, 1.807) is 0 Å². The van der Waals surface area contributed by atoms with Crippen molar-refractivity contribution >= 4 is 0 Å². The lowest BCUT2D eigenvalue weighted by molar-refractivity contribution is -0.182. The Morgan fingerprint density at radius 3 is 2.44 bits per heavy atom. The summed E-state index contributed by atoms with van der Waals surface area (Å²) in [7, 11) is 0. The van der Waals surface area contributed by atoms with Crippen molar-refractivity contribution in [1.82, 2.24) is 5.32 Å². The Balaban J connectivity index is 1.58. The van der Waals surface area contributed by atoms with E-state index in [2.05, 4.69) is 19.2 Å². The maximum Gasteiger partial charge on any atom is 0.0612 e. The lowest BCUT2D eigenvalue weighted by Gasteiger charge is -2.60. The maximum atomic E-state index is 6.38. The summed E-state index contributed by atoms with van der Waals surface area (Å²) in [5.74, 6) is 1.84. The molecule has 2 bridgehead atoms. The largest absolute Gasteiger partial charge is 0.375 e. The van der Waals surface area contributed by atoms with Crippen molar-refractivity contribution in [3.05, 3.63) is 0 Å². The molecule has 4 aliphatic rings. The molecule has 3 atom stereocenters. The van der Waals surface area contributed by atoms with Crippen LogP contribution in [0.1, 0.15) is 46.0 Å². The standard InChI is InChI=1S/C14H25NO/c1-14(2)10-3-4-13(12(14)9-10)16-11-5-7-15-8-6-11/h10-13,15H,3-9H2,1-2H3. The van der Waals surface area contributed by atoms with Gasteiger partial charge >= 0.3 is 0 Å². The van der Waals surface area contributed by atoms with Gasteiger partial charge in [0.1, 0.15) is 0 Å². The first-order valence-electron chi connectivity index (χ1n) is 7.04. The van der Waals surface area contributed by atoms with E-state index in [1.807, 2.05) is 0 Å². The van der Waals surface area contributed by atoms with Gasteiger partial charge in [0, 0.05) is 0 Å². The zero-order chi connectivity index (χ0) is 11.2. The van der Waals surface area contributed by atoms with Gasteiger partial charge in [-0.2, -0.15) is 0 Å². The molecule has 2 nitrogen and oxygen atoms in total. The summed E-state index contributed by atoms with van der Waals surface area (Å²) in [5.41, 5.74) is 0.565. The quantitative estimate of drug-likeness (QED) is 0.777. The first-order chi connectivity index (χ1) is 7.68. The number of hydrogen-bond acceptors (Lipinski definition) is 2. The van der Waals surface area contributed by atoms with E-state index < -0.39 is 0 Å². The highest BCUT2D eigenvalue weighted by Gasteiger charge is 2.55. The van der Waals surface area contributed by atoms with Gasteiger partial charge in [0.2, 0.25) is 0 Å². The Morgan fingerprint density at radius 2 is 1.81 bits per heavy atom. The molecule has 16 heavy (non-hydrogen) atoms. The average Bonchev–Trinajstić information content (AvgIpc) is 2.30. The number of fused-ring (bicyclic) bond motifs is 2. The van der Waals surface area contributed by atoms with Crippen LogP contribution in [0.3, 0.4) is 0 Å². The molecule has 0 aromatic heterocycles. The Bertz CT molecular complexity index is 255. The zero-order valence-corrected chi connectivity index (χ0v) is 10.7. The molecule has 1 saturated heterocycles. The van der Waals surface area contributed by atoms with Crippen molar-refractivity contribution < 1.29 is 4.74 Å². The smallest absolute Gasteiger partial charge is 0.0612 e. The van der Waals surface area contributed by atoms with Crippen LogP contribution < -0.4 is 5.32 Å². The Kier molecular flexibility index (Phi) is 2.75. The Hall–Kier alpha value is -0.0800. The first kappa shape index (κ1) is 11.0. The molecule has 3 saturated carbocycles. The number of rotatable bonds is 2. The molecular weight excluding hydrogens is 198 g/mol. The van der Waals surface area contributed by atoms with Crippen molar-refractivity contribution in [3.8, 4) is 0 Å². The first-order valence-corrected chi connectivity index (χ1v) is 7.04. The zero-order valence-electron chi connectivity index (χ0n) is 10.7. The van der Waals surface area contributed by atoms with Crippen LogP contribution in [0.5, 0.6) is 0 Å². The number of piperidine rings is 1. The molecule has 0 aromatic rings. The molecule has 0 spiro atoms. The highest BCUT2D eigenvalue weighted by Crippen LogP contribution is 2.60. The lowest BCUT2D eigenvalue weighted by atomic mass is 9.48. The maximum absolute atomic E-state index is 6.38. The fourth-order valence-electron chi connectivity index (χ4n) is 4.09. The van der Waals surface area contributed by atoms with E-state index in [1.165, 1.54) is 32.1 Å². The van der Waals surface area contributed by atoms with Crippen LogP contribution in [0.25, 0.3) is 0 Å². The molecule has 1 N–H and O–H groups in total. The molecule has 1 heterocycles. The summed E-state index contributed by atoms with van der Waals surface area (Å²) in [6, 6.07) is 0. The Morgan fingerprint density at radius 1 is 1.06 bits per heavy atom. The molecule has 0 amide bonds. The predicted molar refractivity (Wildman–Crippen MR) is 65.4 cm³/mol. The second kappa shape index (κ2) is 3.99. The highest BCUT2D eigenvalue weighted by atomic mass is 16.5. The van der Waals surface area contributed by atoms with Crippen molar-refractivity contribution in [2.24, 2.45) is 17.3 Å². The Labute approximate surface area is 99.1 Å². The summed E-state index contributed by atoms with van der Waals surface area (Å²) in [5, 5.41) is 3.41. The van der Waals surface area contributed by atoms with Gasteiger partial charge in [0.25, 0.3) is 0 Å². The molecule has 3 aliphatic carbocycles. The van der Waals surface area contributed by atoms with Gasteiger partial charge in [-0.25, -0.2) is 0 Å². The third-order valence-electron chi connectivity index (χ3n) is 5.45. The van der Waals surface area contributed by atoms with Gasteiger partial charge in [-0.1, -0.05) is 13.8 Å². The fraction of sp³-hybridized carbons (Fsp3) is 1.00. The molecule has 0 aromatic carbocycles. The van der Waals surface area contributed by atoms with Crippen molar-refractivity contribution in [2.75, 3.05) is 13.1 Å². The van der Waals surface area contributed by atoms with Crippen LogP contribution >= 0.6 is 0 Å². The SMILES string of the molecule is CC1(C)C2CCC(OC3CCNCC3)C1C2.